The van der Waals surface area contributed by atoms with Gasteiger partial charge >= 0.3 is 5.76 Å². The number of nitrogens with one attached hydrogen (secondary N) is 2. The summed E-state index contributed by atoms with van der Waals surface area (Å²) >= 11 is 1.48. The highest BCUT2D eigenvalue weighted by atomic mass is 32.1. The van der Waals surface area contributed by atoms with Gasteiger partial charge in [-0.15, -0.1) is 11.3 Å². The Bertz CT molecular complexity index is 1570. The average molecular weight is 569 g/mol. The molecule has 214 valence electrons. The van der Waals surface area contributed by atoms with E-state index in [2.05, 4.69) is 39.3 Å². The molecule has 2 atom stereocenters. The molecule has 2 aliphatic rings. The van der Waals surface area contributed by atoms with Crippen LogP contribution in [0.25, 0.3) is 22.8 Å². The van der Waals surface area contributed by atoms with Gasteiger partial charge in [-0.1, -0.05) is 31.3 Å². The molecule has 40 heavy (non-hydrogen) atoms. The van der Waals surface area contributed by atoms with Crippen LogP contribution in [0.2, 0.25) is 0 Å². The van der Waals surface area contributed by atoms with Crippen LogP contribution in [-0.4, -0.2) is 40.7 Å². The largest absolute Gasteiger partial charge is 0.439 e. The maximum Gasteiger partial charge on any atom is 0.439 e. The van der Waals surface area contributed by atoms with Gasteiger partial charge in [0.15, 0.2) is 17.3 Å². The second-order valence-corrected chi connectivity index (χ2v) is 13.4. The molecule has 4 heterocycles. The molecule has 2 aliphatic carbocycles. The van der Waals surface area contributed by atoms with Gasteiger partial charge in [0.2, 0.25) is 17.3 Å². The molecule has 4 aromatic heterocycles. The van der Waals surface area contributed by atoms with Gasteiger partial charge in [0.1, 0.15) is 5.52 Å². The van der Waals surface area contributed by atoms with Gasteiger partial charge in [0.25, 0.3) is 0 Å². The summed E-state index contributed by atoms with van der Waals surface area (Å²) in [6.45, 7) is 10.4. The Morgan fingerprint density at radius 2 is 1.90 bits per heavy atom. The number of fused-ring (bicyclic) bond motifs is 1. The van der Waals surface area contributed by atoms with Crippen LogP contribution in [0.4, 0.5) is 10.2 Å². The van der Waals surface area contributed by atoms with E-state index in [1.54, 1.807) is 6.92 Å². The van der Waals surface area contributed by atoms with Crippen LogP contribution < -0.4 is 11.1 Å². The number of thiazole rings is 1. The minimum Gasteiger partial charge on any atom is -0.365 e. The van der Waals surface area contributed by atoms with Crippen molar-refractivity contribution in [1.29, 1.82) is 0 Å². The fourth-order valence-electron chi connectivity index (χ4n) is 6.22. The van der Waals surface area contributed by atoms with Crippen molar-refractivity contribution in [2.75, 3.05) is 5.32 Å². The fraction of sp³-hybridized carbons (Fsp3) is 0.643. The van der Waals surface area contributed by atoms with Gasteiger partial charge in [-0.2, -0.15) is 0 Å². The molecule has 2 saturated carbocycles. The number of nitrogens with zero attached hydrogens (tertiary/aromatic N) is 6. The van der Waals surface area contributed by atoms with Crippen LogP contribution in [0.15, 0.2) is 9.32 Å². The first-order valence-electron chi connectivity index (χ1n) is 14.3. The summed E-state index contributed by atoms with van der Waals surface area (Å²) in [5.74, 6) is 2.05. The Morgan fingerprint density at radius 3 is 2.50 bits per heavy atom. The van der Waals surface area contributed by atoms with Gasteiger partial charge in [-0.3, -0.25) is 9.51 Å². The third kappa shape index (κ3) is 4.95. The first-order valence-corrected chi connectivity index (χ1v) is 15.2. The summed E-state index contributed by atoms with van der Waals surface area (Å²) in [4.78, 5) is 34.0. The van der Waals surface area contributed by atoms with E-state index >= 15 is 4.39 Å². The van der Waals surface area contributed by atoms with Gasteiger partial charge in [0, 0.05) is 17.5 Å². The Kier molecular flexibility index (Phi) is 7.00. The van der Waals surface area contributed by atoms with Gasteiger partial charge in [-0.05, 0) is 71.1 Å². The van der Waals surface area contributed by atoms with Crippen molar-refractivity contribution in [2.45, 2.75) is 97.8 Å². The normalized spacial score (nSPS) is 22.2. The zero-order chi connectivity index (χ0) is 28.2. The number of halogens is 1. The van der Waals surface area contributed by atoms with Crippen LogP contribution in [-0.2, 0) is 12.2 Å². The smallest absolute Gasteiger partial charge is 0.365 e. The third-order valence-corrected chi connectivity index (χ3v) is 9.71. The highest BCUT2D eigenvalue weighted by Gasteiger charge is 2.40. The lowest BCUT2D eigenvalue weighted by atomic mass is 9.80. The van der Waals surface area contributed by atoms with E-state index in [-0.39, 0.29) is 23.5 Å². The molecular weight excluding hydrogens is 531 g/mol. The molecule has 6 rings (SSSR count). The lowest BCUT2D eigenvalue weighted by molar-refractivity contribution is 0.209. The van der Waals surface area contributed by atoms with Crippen molar-refractivity contribution in [3.05, 3.63) is 32.0 Å². The van der Waals surface area contributed by atoms with E-state index in [9.17, 15) is 4.79 Å². The van der Waals surface area contributed by atoms with Crippen LogP contribution in [0.3, 0.4) is 0 Å². The number of aromatic amines is 1. The standard InChI is InChI=1S/C28H37FN8O2S/c1-14-9-11-18(12-10-14)13-37-20-22(30-15(2)19-7-6-8-19)32-24(25-35-27(38)39-36-25)33-23(20)34-26(37)28(5,29)21-16(3)40-17(4)31-21/h14-15,18-19H,6-13H2,1-5H3,(H,30,32,33)(H,35,36,38). The molecule has 10 nitrogen and oxygen atoms in total. The van der Waals surface area contributed by atoms with Crippen LogP contribution in [0, 0.1) is 31.6 Å². The number of H-pyrrole nitrogens is 1. The monoisotopic (exact) mass is 568 g/mol. The van der Waals surface area contributed by atoms with E-state index in [0.29, 0.717) is 47.0 Å². The molecule has 0 saturated heterocycles. The maximum atomic E-state index is 17.1. The molecule has 2 fully saturated rings. The predicted molar refractivity (Wildman–Crippen MR) is 152 cm³/mol. The summed E-state index contributed by atoms with van der Waals surface area (Å²) in [7, 11) is 0. The molecule has 0 aliphatic heterocycles. The summed E-state index contributed by atoms with van der Waals surface area (Å²) in [5, 5.41) is 8.23. The average Bonchev–Trinajstić information content (AvgIpc) is 3.56. The molecule has 4 aromatic rings. The molecule has 0 bridgehead atoms. The zero-order valence-electron chi connectivity index (χ0n) is 23.8. The van der Waals surface area contributed by atoms with Crippen molar-refractivity contribution in [3.63, 3.8) is 0 Å². The number of aromatic nitrogens is 7. The van der Waals surface area contributed by atoms with Crippen LogP contribution in [0.5, 0.6) is 0 Å². The van der Waals surface area contributed by atoms with Gasteiger partial charge in [-0.25, -0.2) is 29.1 Å². The minimum absolute atomic E-state index is 0.109. The molecule has 0 spiro atoms. The quantitative estimate of drug-likeness (QED) is 0.269. The topological polar surface area (TPSA) is 127 Å². The Balaban J connectivity index is 1.54. The highest BCUT2D eigenvalue weighted by Crippen LogP contribution is 2.41. The summed E-state index contributed by atoms with van der Waals surface area (Å²) in [6.07, 6.45) is 8.01. The number of hydrogen-bond donors (Lipinski definition) is 2. The number of imidazole rings is 1. The van der Waals surface area contributed by atoms with E-state index in [4.69, 9.17) is 14.5 Å². The fourth-order valence-corrected chi connectivity index (χ4v) is 7.13. The second kappa shape index (κ2) is 10.4. The molecule has 0 radical (unpaired) electrons. The lowest BCUT2D eigenvalue weighted by Crippen LogP contribution is -2.31. The van der Waals surface area contributed by atoms with Gasteiger partial charge < -0.3 is 9.88 Å². The maximum absolute atomic E-state index is 17.1. The minimum atomic E-state index is -1.95. The van der Waals surface area contributed by atoms with E-state index in [1.807, 2.05) is 18.4 Å². The molecule has 2 N–H and O–H groups in total. The second-order valence-electron chi connectivity index (χ2n) is 11.9. The number of alkyl halides is 1. The number of rotatable bonds is 8. The van der Waals surface area contributed by atoms with Crippen molar-refractivity contribution < 1.29 is 8.91 Å². The van der Waals surface area contributed by atoms with E-state index in [0.717, 1.165) is 48.4 Å². The lowest BCUT2D eigenvalue weighted by Gasteiger charge is -2.32. The van der Waals surface area contributed by atoms with Crippen molar-refractivity contribution in [2.24, 2.45) is 17.8 Å². The SMILES string of the molecule is Cc1nc(C(C)(F)c2nc3nc(-c4noc(=O)[nH]4)nc(NC(C)C4CCC4)c3n2CC2CCC(C)CC2)c(C)s1. The highest BCUT2D eigenvalue weighted by molar-refractivity contribution is 7.11. The summed E-state index contributed by atoms with van der Waals surface area (Å²) in [6, 6.07) is 0.151. The molecular formula is C28H37FN8O2S. The zero-order valence-corrected chi connectivity index (χ0v) is 24.6. The van der Waals surface area contributed by atoms with Crippen LogP contribution >= 0.6 is 11.3 Å². The first kappa shape index (κ1) is 27.0. The molecule has 0 aromatic carbocycles. The number of aryl methyl sites for hydroxylation is 2. The molecule has 12 heteroatoms. The Labute approximate surface area is 236 Å². The summed E-state index contributed by atoms with van der Waals surface area (Å²) < 4.78 is 23.8. The van der Waals surface area contributed by atoms with Crippen molar-refractivity contribution in [3.8, 4) is 11.6 Å². The van der Waals surface area contributed by atoms with Gasteiger partial charge in [0.05, 0.1) is 10.7 Å². The van der Waals surface area contributed by atoms with Crippen molar-refractivity contribution in [1.82, 2.24) is 34.6 Å². The Morgan fingerprint density at radius 1 is 1.15 bits per heavy atom. The van der Waals surface area contributed by atoms with E-state index < -0.39 is 11.4 Å². The molecule has 2 unspecified atom stereocenters. The van der Waals surface area contributed by atoms with Crippen molar-refractivity contribution >= 4 is 28.3 Å². The van der Waals surface area contributed by atoms with Crippen LogP contribution in [0.1, 0.15) is 87.1 Å². The Hall–Kier alpha value is -3.15. The third-order valence-electron chi connectivity index (χ3n) is 8.82. The van der Waals surface area contributed by atoms with E-state index in [1.165, 1.54) is 17.8 Å². The number of anilines is 1. The predicted octanol–water partition coefficient (Wildman–Crippen LogP) is 5.90. The molecule has 0 amide bonds. The number of hydrogen-bond acceptors (Lipinski definition) is 9. The first-order chi connectivity index (χ1) is 19.1. The summed E-state index contributed by atoms with van der Waals surface area (Å²) in [5.41, 5.74) is -0.542.